The van der Waals surface area contributed by atoms with Crippen molar-refractivity contribution >= 4 is 46.5 Å². The number of nitrogens with zero attached hydrogens (tertiary/aromatic N) is 1. The molecule has 1 aromatic carbocycles. The minimum absolute atomic E-state index is 0.254. The van der Waals surface area contributed by atoms with Crippen LogP contribution >= 0.6 is 23.2 Å². The zero-order valence-corrected chi connectivity index (χ0v) is 13.6. The van der Waals surface area contributed by atoms with Gasteiger partial charge in [0.2, 0.25) is 11.8 Å². The standard InChI is InChI=1S/C15H13Cl2N3O3/c1-7-5-12(20-23-7)19-15(22)9-6-8(9)14(21)18-11-4-2-3-10(16)13(11)17/h2-5,8-9H,6H2,1H3,(H,18,21)(H,19,20,22). The number of nitrogens with one attached hydrogen (secondary N) is 2. The fraction of sp³-hybridized carbons (Fsp3) is 0.267. The maximum absolute atomic E-state index is 12.2. The van der Waals surface area contributed by atoms with Crippen LogP contribution in [0, 0.1) is 18.8 Å². The molecule has 23 heavy (non-hydrogen) atoms. The van der Waals surface area contributed by atoms with Crippen molar-refractivity contribution in [3.05, 3.63) is 40.1 Å². The molecule has 120 valence electrons. The summed E-state index contributed by atoms with van der Waals surface area (Å²) in [5.74, 6) is -0.346. The molecule has 2 aromatic rings. The third-order valence-electron chi connectivity index (χ3n) is 3.55. The quantitative estimate of drug-likeness (QED) is 0.880. The molecule has 0 saturated heterocycles. The van der Waals surface area contributed by atoms with E-state index in [2.05, 4.69) is 15.8 Å². The molecule has 2 atom stereocenters. The summed E-state index contributed by atoms with van der Waals surface area (Å²) in [4.78, 5) is 24.2. The lowest BCUT2D eigenvalue weighted by Gasteiger charge is -2.07. The van der Waals surface area contributed by atoms with Gasteiger partial charge in [-0.25, -0.2) is 0 Å². The molecule has 1 aliphatic carbocycles. The molecule has 2 N–H and O–H groups in total. The summed E-state index contributed by atoms with van der Waals surface area (Å²) in [6.45, 7) is 1.73. The molecule has 8 heteroatoms. The topological polar surface area (TPSA) is 84.2 Å². The second kappa shape index (κ2) is 6.22. The molecule has 3 rings (SSSR count). The van der Waals surface area contributed by atoms with Crippen molar-refractivity contribution in [1.29, 1.82) is 0 Å². The Kier molecular flexibility index (Phi) is 4.28. The Morgan fingerprint density at radius 1 is 1.22 bits per heavy atom. The molecule has 6 nitrogen and oxygen atoms in total. The number of halogens is 2. The monoisotopic (exact) mass is 353 g/mol. The van der Waals surface area contributed by atoms with E-state index in [4.69, 9.17) is 27.7 Å². The van der Waals surface area contributed by atoms with Crippen LogP contribution in [0.1, 0.15) is 12.2 Å². The largest absolute Gasteiger partial charge is 0.360 e. The third-order valence-corrected chi connectivity index (χ3v) is 4.37. The van der Waals surface area contributed by atoms with Gasteiger partial charge >= 0.3 is 0 Å². The van der Waals surface area contributed by atoms with E-state index >= 15 is 0 Å². The average molecular weight is 354 g/mol. The molecular weight excluding hydrogens is 341 g/mol. The van der Waals surface area contributed by atoms with E-state index in [9.17, 15) is 9.59 Å². The van der Waals surface area contributed by atoms with Crippen LogP contribution in [0.2, 0.25) is 10.0 Å². The van der Waals surface area contributed by atoms with Gasteiger partial charge < -0.3 is 15.2 Å². The molecule has 1 aliphatic rings. The molecule has 1 aromatic heterocycles. The second-order valence-corrected chi connectivity index (χ2v) is 6.14. The van der Waals surface area contributed by atoms with Gasteiger partial charge in [-0.05, 0) is 25.5 Å². The molecule has 1 heterocycles. The van der Waals surface area contributed by atoms with Gasteiger partial charge in [-0.15, -0.1) is 0 Å². The second-order valence-electron chi connectivity index (χ2n) is 5.35. The number of rotatable bonds is 4. The van der Waals surface area contributed by atoms with Crippen molar-refractivity contribution < 1.29 is 14.1 Å². The lowest BCUT2D eigenvalue weighted by molar-refractivity contribution is -0.122. The van der Waals surface area contributed by atoms with Crippen LogP contribution in [0.15, 0.2) is 28.8 Å². The van der Waals surface area contributed by atoms with Crippen LogP contribution in [0.4, 0.5) is 11.5 Å². The predicted octanol–water partition coefficient (Wildman–Crippen LogP) is 3.50. The maximum Gasteiger partial charge on any atom is 0.229 e. The Morgan fingerprint density at radius 3 is 2.57 bits per heavy atom. The lowest BCUT2D eigenvalue weighted by atomic mass is 10.2. The summed E-state index contributed by atoms with van der Waals surface area (Å²) in [7, 11) is 0. The highest BCUT2D eigenvalue weighted by Gasteiger charge is 2.48. The summed E-state index contributed by atoms with van der Waals surface area (Å²) < 4.78 is 4.87. The summed E-state index contributed by atoms with van der Waals surface area (Å²) in [6.07, 6.45) is 0.479. The van der Waals surface area contributed by atoms with Gasteiger partial charge in [0.15, 0.2) is 5.82 Å². The van der Waals surface area contributed by atoms with E-state index < -0.39 is 5.92 Å². The first-order chi connectivity index (χ1) is 11.0. The lowest BCUT2D eigenvalue weighted by Crippen LogP contribution is -2.20. The van der Waals surface area contributed by atoms with Crippen molar-refractivity contribution in [2.75, 3.05) is 10.6 Å². The molecule has 0 aliphatic heterocycles. The summed E-state index contributed by atoms with van der Waals surface area (Å²) in [5, 5.41) is 9.64. The highest BCUT2D eigenvalue weighted by Crippen LogP contribution is 2.41. The fourth-order valence-corrected chi connectivity index (χ4v) is 2.59. The molecule has 0 bridgehead atoms. The Morgan fingerprint density at radius 2 is 1.91 bits per heavy atom. The van der Waals surface area contributed by atoms with E-state index in [1.54, 1.807) is 31.2 Å². The zero-order chi connectivity index (χ0) is 16.6. The number of aromatic nitrogens is 1. The van der Waals surface area contributed by atoms with E-state index in [0.29, 0.717) is 28.7 Å². The summed E-state index contributed by atoms with van der Waals surface area (Å²) in [5.41, 5.74) is 0.433. The highest BCUT2D eigenvalue weighted by atomic mass is 35.5. The Bertz CT molecular complexity index is 775. The Hall–Kier alpha value is -2.05. The van der Waals surface area contributed by atoms with E-state index in [1.165, 1.54) is 0 Å². The average Bonchev–Trinajstić information content (AvgIpc) is 3.22. The maximum atomic E-state index is 12.2. The van der Waals surface area contributed by atoms with Crippen molar-refractivity contribution in [2.24, 2.45) is 11.8 Å². The van der Waals surface area contributed by atoms with E-state index in [-0.39, 0.29) is 22.8 Å². The van der Waals surface area contributed by atoms with Crippen molar-refractivity contribution in [1.82, 2.24) is 5.16 Å². The zero-order valence-electron chi connectivity index (χ0n) is 12.1. The number of hydrogen-bond acceptors (Lipinski definition) is 4. The fourth-order valence-electron chi connectivity index (χ4n) is 2.24. The van der Waals surface area contributed by atoms with Crippen LogP contribution in [0.3, 0.4) is 0 Å². The smallest absolute Gasteiger partial charge is 0.229 e. The van der Waals surface area contributed by atoms with Crippen LogP contribution in [0.5, 0.6) is 0 Å². The highest BCUT2D eigenvalue weighted by molar-refractivity contribution is 6.44. The molecule has 1 saturated carbocycles. The van der Waals surface area contributed by atoms with Gasteiger partial charge in [-0.3, -0.25) is 9.59 Å². The predicted molar refractivity (Wildman–Crippen MR) is 86.6 cm³/mol. The molecule has 1 fully saturated rings. The van der Waals surface area contributed by atoms with Gasteiger partial charge in [-0.1, -0.05) is 34.4 Å². The number of carbonyl (C=O) groups excluding carboxylic acids is 2. The number of anilines is 2. The number of carbonyl (C=O) groups is 2. The SMILES string of the molecule is Cc1cc(NC(=O)C2CC2C(=O)Nc2cccc(Cl)c2Cl)no1. The van der Waals surface area contributed by atoms with E-state index in [0.717, 1.165) is 0 Å². The number of benzene rings is 1. The normalized spacial score (nSPS) is 19.3. The van der Waals surface area contributed by atoms with Gasteiger partial charge in [0.25, 0.3) is 0 Å². The van der Waals surface area contributed by atoms with Gasteiger partial charge in [0.05, 0.1) is 27.6 Å². The first kappa shape index (κ1) is 15.8. The minimum atomic E-state index is -0.391. The van der Waals surface area contributed by atoms with Crippen molar-refractivity contribution in [3.63, 3.8) is 0 Å². The van der Waals surface area contributed by atoms with Gasteiger partial charge in [-0.2, -0.15) is 0 Å². The first-order valence-electron chi connectivity index (χ1n) is 6.95. The number of amides is 2. The van der Waals surface area contributed by atoms with Crippen molar-refractivity contribution in [2.45, 2.75) is 13.3 Å². The molecule has 0 radical (unpaired) electrons. The van der Waals surface area contributed by atoms with Crippen LogP contribution in [-0.4, -0.2) is 17.0 Å². The molecule has 2 unspecified atom stereocenters. The minimum Gasteiger partial charge on any atom is -0.360 e. The molecular formula is C15H13Cl2N3O3. The van der Waals surface area contributed by atoms with Crippen LogP contribution in [0.25, 0.3) is 0 Å². The first-order valence-corrected chi connectivity index (χ1v) is 7.70. The number of hydrogen-bond donors (Lipinski definition) is 2. The van der Waals surface area contributed by atoms with Gasteiger partial charge in [0.1, 0.15) is 5.76 Å². The Balaban J connectivity index is 1.58. The van der Waals surface area contributed by atoms with Crippen LogP contribution in [-0.2, 0) is 9.59 Å². The molecule has 0 spiro atoms. The number of aryl methyl sites for hydroxylation is 1. The van der Waals surface area contributed by atoms with Crippen LogP contribution < -0.4 is 10.6 Å². The van der Waals surface area contributed by atoms with Gasteiger partial charge in [0, 0.05) is 6.07 Å². The Labute approximate surface area is 142 Å². The third kappa shape index (κ3) is 3.48. The summed E-state index contributed by atoms with van der Waals surface area (Å²) in [6, 6.07) is 6.59. The van der Waals surface area contributed by atoms with E-state index in [1.807, 2.05) is 0 Å². The summed E-state index contributed by atoms with van der Waals surface area (Å²) >= 11 is 11.9. The van der Waals surface area contributed by atoms with Crippen molar-refractivity contribution in [3.8, 4) is 0 Å². The molecule has 2 amide bonds.